The van der Waals surface area contributed by atoms with Gasteiger partial charge in [0.2, 0.25) is 0 Å². The van der Waals surface area contributed by atoms with Crippen molar-refractivity contribution in [1.82, 2.24) is 0 Å². The zero-order valence-electron chi connectivity index (χ0n) is 15.4. The Kier molecular flexibility index (Phi) is 5.85. The maximum absolute atomic E-state index is 12.2. The summed E-state index contributed by atoms with van der Waals surface area (Å²) in [5, 5.41) is 1.17. The second kappa shape index (κ2) is 8.38. The van der Waals surface area contributed by atoms with Gasteiger partial charge in [-0.1, -0.05) is 59.8 Å². The number of halogens is 1. The standard InChI is InChI=1S/C20H19ClN2O4S2/c21-15-7-4-8-16(9-15)23-18-13-29(25,26)12-17(18)22-20(23)28-11-19(24)27-10-14-5-2-1-3-6-14/h1-9,17-18H,10-13H2/t17-,18+/m0/s1. The first-order chi connectivity index (χ1) is 13.9. The predicted molar refractivity (Wildman–Crippen MR) is 116 cm³/mol. The van der Waals surface area contributed by atoms with Gasteiger partial charge in [-0.2, -0.15) is 0 Å². The third kappa shape index (κ3) is 4.76. The second-order valence-corrected chi connectivity index (χ2v) is 10.4. The lowest BCUT2D eigenvalue weighted by Gasteiger charge is -2.26. The number of aliphatic imine (C=N–C) groups is 1. The molecule has 1 saturated heterocycles. The van der Waals surface area contributed by atoms with Gasteiger partial charge >= 0.3 is 5.97 Å². The molecular formula is C20H19ClN2O4S2. The highest BCUT2D eigenvalue weighted by Crippen LogP contribution is 2.35. The van der Waals surface area contributed by atoms with Gasteiger partial charge in [0.15, 0.2) is 15.0 Å². The van der Waals surface area contributed by atoms with Gasteiger partial charge in [0.25, 0.3) is 0 Å². The van der Waals surface area contributed by atoms with Crippen LogP contribution in [-0.4, -0.2) is 48.9 Å². The summed E-state index contributed by atoms with van der Waals surface area (Å²) in [6.45, 7) is 0.216. The molecule has 0 saturated carbocycles. The molecule has 0 N–H and O–H groups in total. The van der Waals surface area contributed by atoms with E-state index in [1.165, 1.54) is 11.8 Å². The minimum absolute atomic E-state index is 0.0250. The largest absolute Gasteiger partial charge is 0.460 e. The topological polar surface area (TPSA) is 76.0 Å². The van der Waals surface area contributed by atoms with E-state index < -0.39 is 9.84 Å². The Balaban J connectivity index is 1.45. The minimum Gasteiger partial charge on any atom is -0.460 e. The fourth-order valence-electron chi connectivity index (χ4n) is 3.46. The quantitative estimate of drug-likeness (QED) is 0.651. The molecule has 2 aromatic rings. The molecule has 0 aliphatic carbocycles. The summed E-state index contributed by atoms with van der Waals surface area (Å²) in [5.41, 5.74) is 1.69. The van der Waals surface area contributed by atoms with Gasteiger partial charge < -0.3 is 9.64 Å². The highest BCUT2D eigenvalue weighted by atomic mass is 35.5. The number of anilines is 1. The monoisotopic (exact) mass is 450 g/mol. The lowest BCUT2D eigenvalue weighted by Crippen LogP contribution is -2.39. The highest BCUT2D eigenvalue weighted by Gasteiger charge is 2.47. The van der Waals surface area contributed by atoms with E-state index >= 15 is 0 Å². The molecule has 2 aliphatic heterocycles. The number of amidine groups is 1. The van der Waals surface area contributed by atoms with E-state index in [1.807, 2.05) is 47.4 Å². The van der Waals surface area contributed by atoms with Crippen molar-refractivity contribution < 1.29 is 17.9 Å². The first kappa shape index (κ1) is 20.3. The summed E-state index contributed by atoms with van der Waals surface area (Å²) < 4.78 is 29.5. The first-order valence-electron chi connectivity index (χ1n) is 9.07. The molecular weight excluding hydrogens is 432 g/mol. The second-order valence-electron chi connectivity index (χ2n) is 6.91. The normalized spacial score (nSPS) is 22.2. The Hall–Kier alpha value is -2.03. The van der Waals surface area contributed by atoms with Gasteiger partial charge in [0.1, 0.15) is 6.61 Å². The molecule has 0 amide bonds. The number of carbonyl (C=O) groups is 1. The summed E-state index contributed by atoms with van der Waals surface area (Å²) in [7, 11) is -3.13. The van der Waals surface area contributed by atoms with Crippen LogP contribution in [0.15, 0.2) is 59.6 Å². The van der Waals surface area contributed by atoms with Crippen LogP contribution in [0.3, 0.4) is 0 Å². The maximum atomic E-state index is 12.2. The molecule has 1 fully saturated rings. The van der Waals surface area contributed by atoms with Gasteiger partial charge in [-0.15, -0.1) is 0 Å². The van der Waals surface area contributed by atoms with Crippen molar-refractivity contribution in [2.75, 3.05) is 22.2 Å². The number of fused-ring (bicyclic) bond motifs is 1. The van der Waals surface area contributed by atoms with E-state index in [9.17, 15) is 13.2 Å². The van der Waals surface area contributed by atoms with Crippen LogP contribution in [0.1, 0.15) is 5.56 Å². The minimum atomic E-state index is -3.13. The van der Waals surface area contributed by atoms with Crippen molar-refractivity contribution in [2.24, 2.45) is 4.99 Å². The Bertz CT molecular complexity index is 1040. The van der Waals surface area contributed by atoms with E-state index in [0.29, 0.717) is 10.2 Å². The number of hydrogen-bond acceptors (Lipinski definition) is 7. The maximum Gasteiger partial charge on any atom is 0.316 e. The Morgan fingerprint density at radius 3 is 2.72 bits per heavy atom. The lowest BCUT2D eigenvalue weighted by atomic mass is 10.1. The Labute approximate surface area is 178 Å². The van der Waals surface area contributed by atoms with Gasteiger partial charge in [-0.05, 0) is 23.8 Å². The van der Waals surface area contributed by atoms with Crippen LogP contribution in [0.25, 0.3) is 0 Å². The van der Waals surface area contributed by atoms with Gasteiger partial charge in [0.05, 0.1) is 29.3 Å². The molecule has 152 valence electrons. The van der Waals surface area contributed by atoms with Crippen LogP contribution in [0, 0.1) is 0 Å². The molecule has 2 aliphatic rings. The third-order valence-electron chi connectivity index (χ3n) is 4.76. The SMILES string of the molecule is O=C(CSC1=N[C@H]2CS(=O)(=O)C[C@H]2N1c1cccc(Cl)c1)OCc1ccccc1. The predicted octanol–water partition coefficient (Wildman–Crippen LogP) is 3.16. The summed E-state index contributed by atoms with van der Waals surface area (Å²) in [6.07, 6.45) is 0. The first-order valence-corrected chi connectivity index (χ1v) is 12.3. The molecule has 2 aromatic carbocycles. The van der Waals surface area contributed by atoms with Crippen LogP contribution < -0.4 is 4.90 Å². The molecule has 4 rings (SSSR count). The Morgan fingerprint density at radius 2 is 1.97 bits per heavy atom. The Morgan fingerprint density at radius 1 is 1.17 bits per heavy atom. The molecule has 9 heteroatoms. The average molecular weight is 451 g/mol. The van der Waals surface area contributed by atoms with Gasteiger partial charge in [-0.25, -0.2) is 8.42 Å². The van der Waals surface area contributed by atoms with Crippen molar-refractivity contribution in [3.63, 3.8) is 0 Å². The lowest BCUT2D eigenvalue weighted by molar-refractivity contribution is -0.141. The fourth-order valence-corrected chi connectivity index (χ4v) is 6.41. The highest BCUT2D eigenvalue weighted by molar-refractivity contribution is 8.14. The number of thioether (sulfide) groups is 1. The van der Waals surface area contributed by atoms with Crippen LogP contribution in [0.5, 0.6) is 0 Å². The van der Waals surface area contributed by atoms with Crippen molar-refractivity contribution in [1.29, 1.82) is 0 Å². The van der Waals surface area contributed by atoms with Gasteiger partial charge in [0, 0.05) is 10.7 Å². The van der Waals surface area contributed by atoms with Crippen LogP contribution in [-0.2, 0) is 26.0 Å². The van der Waals surface area contributed by atoms with Crippen molar-refractivity contribution in [2.45, 2.75) is 18.7 Å². The van der Waals surface area contributed by atoms with E-state index in [4.69, 9.17) is 16.3 Å². The average Bonchev–Trinajstić information content (AvgIpc) is 3.16. The molecule has 2 atom stereocenters. The molecule has 0 spiro atoms. The molecule has 0 radical (unpaired) electrons. The molecule has 0 bridgehead atoms. The number of benzene rings is 2. The number of rotatable bonds is 5. The molecule has 29 heavy (non-hydrogen) atoms. The summed E-state index contributed by atoms with van der Waals surface area (Å²) in [4.78, 5) is 18.7. The van der Waals surface area contributed by atoms with Crippen LogP contribution in [0.4, 0.5) is 5.69 Å². The zero-order valence-corrected chi connectivity index (χ0v) is 17.8. The molecule has 0 unspecified atom stereocenters. The molecule has 2 heterocycles. The van der Waals surface area contributed by atoms with Gasteiger partial charge in [-0.3, -0.25) is 9.79 Å². The van der Waals surface area contributed by atoms with Crippen molar-refractivity contribution >= 4 is 50.0 Å². The third-order valence-corrected chi connectivity index (χ3v) is 7.63. The van der Waals surface area contributed by atoms with Crippen LogP contribution in [0.2, 0.25) is 5.02 Å². The number of nitrogens with zero attached hydrogens (tertiary/aromatic N) is 2. The number of ether oxygens (including phenoxy) is 1. The van der Waals surface area contributed by atoms with E-state index in [1.54, 1.807) is 12.1 Å². The van der Waals surface area contributed by atoms with E-state index in [2.05, 4.69) is 4.99 Å². The number of hydrogen-bond donors (Lipinski definition) is 0. The fraction of sp³-hybridized carbons (Fsp3) is 0.300. The number of esters is 1. The summed E-state index contributed by atoms with van der Waals surface area (Å²) in [6, 6.07) is 16.1. The van der Waals surface area contributed by atoms with E-state index in [0.717, 1.165) is 11.3 Å². The number of carbonyl (C=O) groups excluding carboxylic acids is 1. The van der Waals surface area contributed by atoms with E-state index in [-0.39, 0.29) is 41.9 Å². The van der Waals surface area contributed by atoms with Crippen LogP contribution >= 0.6 is 23.4 Å². The molecule has 0 aromatic heterocycles. The summed E-state index contributed by atoms with van der Waals surface area (Å²) >= 11 is 7.39. The van der Waals surface area contributed by atoms with Crippen molar-refractivity contribution in [3.05, 3.63) is 65.2 Å². The molecule has 6 nitrogen and oxygen atoms in total. The van der Waals surface area contributed by atoms with Crippen molar-refractivity contribution in [3.8, 4) is 0 Å². The zero-order chi connectivity index (χ0) is 20.4. The number of sulfone groups is 1. The summed E-state index contributed by atoms with van der Waals surface area (Å²) in [5.74, 6) is -0.195. The smallest absolute Gasteiger partial charge is 0.316 e.